The second-order valence-electron chi connectivity index (χ2n) is 6.85. The molecule has 32 heavy (non-hydrogen) atoms. The Kier molecular flexibility index (Phi) is 7.94. The Morgan fingerprint density at radius 3 is 2.38 bits per heavy atom. The summed E-state index contributed by atoms with van der Waals surface area (Å²) in [4.78, 5) is 33.5. The van der Waals surface area contributed by atoms with Crippen LogP contribution in [0.1, 0.15) is 13.8 Å². The number of benzene rings is 2. The molecule has 0 unspecified atom stereocenters. The van der Waals surface area contributed by atoms with Crippen molar-refractivity contribution >= 4 is 33.3 Å². The second kappa shape index (κ2) is 10.2. The molecule has 0 saturated heterocycles. The lowest BCUT2D eigenvalue weighted by Gasteiger charge is -2.21. The Bertz CT molecular complexity index is 1140. The summed E-state index contributed by atoms with van der Waals surface area (Å²) in [5.74, 6) is -4.73. The van der Waals surface area contributed by atoms with Crippen LogP contribution in [0, 0.1) is 27.7 Å². The van der Waals surface area contributed by atoms with Gasteiger partial charge in [0.05, 0.1) is 4.92 Å². The van der Waals surface area contributed by atoms with Crippen LogP contribution < -0.4 is 10.0 Å². The maximum absolute atomic E-state index is 13.8. The Hall–Kier alpha value is -3.45. The largest absolute Gasteiger partial charge is 0.454 e. The van der Waals surface area contributed by atoms with Gasteiger partial charge in [-0.3, -0.25) is 19.7 Å². The highest BCUT2D eigenvalue weighted by molar-refractivity contribution is 7.89. The number of nitrogens with one attached hydrogen (secondary N) is 2. The molecule has 0 spiro atoms. The number of esters is 1. The number of sulfonamides is 1. The summed E-state index contributed by atoms with van der Waals surface area (Å²) < 4.78 is 59.0. The molecule has 2 aromatic rings. The number of ether oxygens (including phenoxy) is 1. The summed E-state index contributed by atoms with van der Waals surface area (Å²) in [6.45, 7) is 2.16. The molecule has 172 valence electrons. The van der Waals surface area contributed by atoms with E-state index in [0.29, 0.717) is 0 Å². The minimum atomic E-state index is -4.41. The molecule has 2 aromatic carbocycles. The fraction of sp³-hybridized carbons (Fsp3) is 0.263. The van der Waals surface area contributed by atoms with E-state index in [9.17, 15) is 36.9 Å². The molecule has 1 atom stereocenters. The third-order valence-corrected chi connectivity index (χ3v) is 5.58. The lowest BCUT2D eigenvalue weighted by atomic mass is 10.1. The number of halogens is 2. The minimum Gasteiger partial charge on any atom is -0.454 e. The first-order valence-electron chi connectivity index (χ1n) is 9.09. The average Bonchev–Trinajstić information content (AvgIpc) is 2.71. The monoisotopic (exact) mass is 471 g/mol. The Balaban J connectivity index is 2.04. The van der Waals surface area contributed by atoms with Gasteiger partial charge in [-0.25, -0.2) is 12.8 Å². The summed E-state index contributed by atoms with van der Waals surface area (Å²) >= 11 is 0. The van der Waals surface area contributed by atoms with Gasteiger partial charge < -0.3 is 10.1 Å². The molecule has 10 nitrogen and oxygen atoms in total. The number of carbonyl (C=O) groups excluding carboxylic acids is 2. The first-order chi connectivity index (χ1) is 14.9. The van der Waals surface area contributed by atoms with E-state index < -0.39 is 67.6 Å². The molecule has 0 fully saturated rings. The van der Waals surface area contributed by atoms with E-state index in [-0.39, 0.29) is 5.69 Å². The molecule has 1 amide bonds. The number of nitro groups is 1. The quantitative estimate of drug-likeness (QED) is 0.324. The van der Waals surface area contributed by atoms with Crippen LogP contribution in [0.15, 0.2) is 47.4 Å². The van der Waals surface area contributed by atoms with Crippen molar-refractivity contribution in [3.63, 3.8) is 0 Å². The van der Waals surface area contributed by atoms with Gasteiger partial charge in [0.15, 0.2) is 6.61 Å². The zero-order valence-electron chi connectivity index (χ0n) is 16.9. The van der Waals surface area contributed by atoms with Crippen molar-refractivity contribution in [1.82, 2.24) is 4.72 Å². The van der Waals surface area contributed by atoms with E-state index >= 15 is 0 Å². The first-order valence-corrected chi connectivity index (χ1v) is 10.6. The van der Waals surface area contributed by atoms with Crippen LogP contribution >= 0.6 is 0 Å². The second-order valence-corrected chi connectivity index (χ2v) is 8.53. The van der Waals surface area contributed by atoms with E-state index in [2.05, 4.69) is 10.0 Å². The summed E-state index contributed by atoms with van der Waals surface area (Å²) in [7, 11) is -4.41. The molecular formula is C19H19F2N3O7S. The van der Waals surface area contributed by atoms with Crippen molar-refractivity contribution in [2.45, 2.75) is 24.8 Å². The molecule has 0 aliphatic heterocycles. The molecule has 0 aromatic heterocycles. The number of hydrogen-bond donors (Lipinski definition) is 2. The van der Waals surface area contributed by atoms with Gasteiger partial charge in [-0.15, -0.1) is 0 Å². The van der Waals surface area contributed by atoms with E-state index in [1.54, 1.807) is 0 Å². The molecule has 0 heterocycles. The lowest BCUT2D eigenvalue weighted by molar-refractivity contribution is -0.387. The predicted molar refractivity (Wildman–Crippen MR) is 108 cm³/mol. The van der Waals surface area contributed by atoms with Crippen molar-refractivity contribution in [2.75, 3.05) is 11.9 Å². The highest BCUT2D eigenvalue weighted by Crippen LogP contribution is 2.21. The zero-order chi connectivity index (χ0) is 24.1. The molecule has 0 radical (unpaired) electrons. The standard InChI is InChI=1S/C19H19F2N3O7S/c1-11(2)18(23-32(29,30)16-6-4-3-5-14(16)21)19(26)31-10-17(25)22-12-7-8-13(20)15(9-12)24(27)28/h3-9,11,18,23H,10H2,1-2H3,(H,22,25)/t18-/m0/s1. The topological polar surface area (TPSA) is 145 Å². The van der Waals surface area contributed by atoms with Gasteiger partial charge in [-0.1, -0.05) is 26.0 Å². The SMILES string of the molecule is CC(C)[C@H](NS(=O)(=O)c1ccccc1F)C(=O)OCC(=O)Nc1ccc(F)c([N+](=O)[O-])c1. The highest BCUT2D eigenvalue weighted by atomic mass is 32.2. The summed E-state index contributed by atoms with van der Waals surface area (Å²) in [5.41, 5.74) is -0.970. The third-order valence-electron chi connectivity index (χ3n) is 4.10. The van der Waals surface area contributed by atoms with Gasteiger partial charge in [-0.2, -0.15) is 9.11 Å². The van der Waals surface area contributed by atoms with Gasteiger partial charge in [0, 0.05) is 11.8 Å². The van der Waals surface area contributed by atoms with Gasteiger partial charge in [0.1, 0.15) is 16.8 Å². The van der Waals surface area contributed by atoms with Gasteiger partial charge in [0.25, 0.3) is 5.91 Å². The summed E-state index contributed by atoms with van der Waals surface area (Å²) in [5, 5.41) is 12.9. The van der Waals surface area contributed by atoms with Crippen LogP contribution in [-0.4, -0.2) is 37.9 Å². The van der Waals surface area contributed by atoms with E-state index in [0.717, 1.165) is 30.3 Å². The number of nitro benzene ring substituents is 1. The highest BCUT2D eigenvalue weighted by Gasteiger charge is 2.31. The van der Waals surface area contributed by atoms with Crippen LogP contribution in [0.2, 0.25) is 0 Å². The van der Waals surface area contributed by atoms with Gasteiger partial charge in [-0.05, 0) is 30.2 Å². The van der Waals surface area contributed by atoms with Gasteiger partial charge in [0.2, 0.25) is 15.8 Å². The van der Waals surface area contributed by atoms with E-state index in [1.807, 2.05) is 0 Å². The predicted octanol–water partition coefficient (Wildman–Crippen LogP) is 2.36. The molecular weight excluding hydrogens is 452 g/mol. The molecule has 0 aliphatic rings. The Morgan fingerprint density at radius 2 is 1.78 bits per heavy atom. The van der Waals surface area contributed by atoms with E-state index in [4.69, 9.17) is 4.74 Å². The van der Waals surface area contributed by atoms with Crippen LogP contribution in [-0.2, 0) is 24.3 Å². The molecule has 13 heteroatoms. The van der Waals surface area contributed by atoms with Crippen molar-refractivity contribution in [1.29, 1.82) is 0 Å². The van der Waals surface area contributed by atoms with Crippen molar-refractivity contribution in [2.24, 2.45) is 5.92 Å². The maximum atomic E-state index is 13.8. The fourth-order valence-electron chi connectivity index (χ4n) is 2.50. The van der Waals surface area contributed by atoms with Crippen LogP contribution in [0.5, 0.6) is 0 Å². The van der Waals surface area contributed by atoms with E-state index in [1.165, 1.54) is 26.0 Å². The van der Waals surface area contributed by atoms with Crippen LogP contribution in [0.4, 0.5) is 20.2 Å². The average molecular weight is 471 g/mol. The minimum absolute atomic E-state index is 0.111. The first kappa shape index (κ1) is 24.8. The van der Waals surface area contributed by atoms with Gasteiger partial charge >= 0.3 is 11.7 Å². The molecule has 0 saturated carbocycles. The lowest BCUT2D eigenvalue weighted by Crippen LogP contribution is -2.46. The van der Waals surface area contributed by atoms with Crippen LogP contribution in [0.25, 0.3) is 0 Å². The fourth-order valence-corrected chi connectivity index (χ4v) is 3.92. The van der Waals surface area contributed by atoms with Crippen molar-refractivity contribution in [3.8, 4) is 0 Å². The molecule has 0 bridgehead atoms. The summed E-state index contributed by atoms with van der Waals surface area (Å²) in [6, 6.07) is 5.79. The number of hydrogen-bond acceptors (Lipinski definition) is 7. The number of carbonyl (C=O) groups is 2. The summed E-state index contributed by atoms with van der Waals surface area (Å²) in [6.07, 6.45) is 0. The Morgan fingerprint density at radius 1 is 1.12 bits per heavy atom. The van der Waals surface area contributed by atoms with Crippen LogP contribution in [0.3, 0.4) is 0 Å². The maximum Gasteiger partial charge on any atom is 0.324 e. The normalized spacial score (nSPS) is 12.3. The molecule has 2 rings (SSSR count). The molecule has 0 aliphatic carbocycles. The Labute approximate surface area is 181 Å². The van der Waals surface area contributed by atoms with Crippen molar-refractivity contribution in [3.05, 3.63) is 64.2 Å². The van der Waals surface area contributed by atoms with Crippen molar-refractivity contribution < 1.29 is 36.4 Å². The smallest absolute Gasteiger partial charge is 0.324 e. The number of nitrogens with zero attached hydrogens (tertiary/aromatic N) is 1. The third kappa shape index (κ3) is 6.28. The number of amides is 1. The molecule has 2 N–H and O–H groups in total. The number of anilines is 1. The zero-order valence-corrected chi connectivity index (χ0v) is 17.7. The number of rotatable bonds is 9.